The second-order valence-electron chi connectivity index (χ2n) is 5.09. The lowest BCUT2D eigenvalue weighted by molar-refractivity contribution is 0.154. The number of rotatable bonds is 3. The molecule has 1 N–H and O–H groups in total. The van der Waals surface area contributed by atoms with Gasteiger partial charge in [0, 0.05) is 24.2 Å². The molecule has 2 aromatic rings. The Morgan fingerprint density at radius 3 is 3.16 bits per heavy atom. The van der Waals surface area contributed by atoms with Crippen LogP contribution in [0.25, 0.3) is 10.9 Å². The minimum atomic E-state index is -0.227. The average molecular weight is 260 g/mol. The first-order chi connectivity index (χ1) is 9.28. The van der Waals surface area contributed by atoms with Crippen LogP contribution in [-0.2, 0) is 6.54 Å². The first-order valence-corrected chi connectivity index (χ1v) is 6.66. The number of nitrogens with zero attached hydrogens (tertiary/aromatic N) is 2. The summed E-state index contributed by atoms with van der Waals surface area (Å²) in [5, 5.41) is 10.2. The van der Waals surface area contributed by atoms with Gasteiger partial charge in [0.05, 0.1) is 12.1 Å². The average Bonchev–Trinajstić information content (AvgIpc) is 2.86. The lowest BCUT2D eigenvalue weighted by Crippen LogP contribution is -2.31. The van der Waals surface area contributed by atoms with Crippen molar-refractivity contribution in [3.8, 4) is 0 Å². The molecule has 1 aliphatic heterocycles. The van der Waals surface area contributed by atoms with E-state index in [-0.39, 0.29) is 18.5 Å². The lowest BCUT2D eigenvalue weighted by Gasteiger charge is -2.23. The molecule has 1 aromatic heterocycles. The third-order valence-electron chi connectivity index (χ3n) is 3.83. The van der Waals surface area contributed by atoms with Crippen LogP contribution in [0.1, 0.15) is 18.4 Å². The molecule has 1 saturated heterocycles. The van der Waals surface area contributed by atoms with Crippen LogP contribution in [0, 0.1) is 5.82 Å². The van der Waals surface area contributed by atoms with Gasteiger partial charge in [-0.25, -0.2) is 4.39 Å². The van der Waals surface area contributed by atoms with E-state index in [1.165, 1.54) is 6.07 Å². The topological polar surface area (TPSA) is 36.4 Å². The van der Waals surface area contributed by atoms with Crippen LogP contribution in [0.3, 0.4) is 0 Å². The molecule has 1 aromatic carbocycles. The molecular weight excluding hydrogens is 243 g/mol. The number of halogens is 1. The van der Waals surface area contributed by atoms with Crippen molar-refractivity contribution in [3.05, 3.63) is 41.8 Å². The van der Waals surface area contributed by atoms with E-state index >= 15 is 0 Å². The molecule has 0 amide bonds. The molecule has 1 atom stereocenters. The number of hydrogen-bond donors (Lipinski definition) is 1. The number of aliphatic hydroxyl groups is 1. The third-order valence-corrected chi connectivity index (χ3v) is 3.83. The Morgan fingerprint density at radius 2 is 2.32 bits per heavy atom. The standard InChI is InChI=1S/C15H17FN2O/c16-13-7-11-3-1-5-17-15(11)12(8-13)9-18-6-2-4-14(18)10-19/h1,3,5,7-8,14,19H,2,4,6,9-10H2/t14-/m0/s1. The SMILES string of the molecule is OC[C@@H]1CCCN1Cc1cc(F)cc2cccnc12. The highest BCUT2D eigenvalue weighted by molar-refractivity contribution is 5.81. The quantitative estimate of drug-likeness (QED) is 0.920. The van der Waals surface area contributed by atoms with E-state index < -0.39 is 0 Å². The normalized spacial score (nSPS) is 20.2. The molecule has 3 nitrogen and oxygen atoms in total. The Labute approximate surface area is 111 Å². The fourth-order valence-corrected chi connectivity index (χ4v) is 2.88. The van der Waals surface area contributed by atoms with Gasteiger partial charge in [-0.2, -0.15) is 0 Å². The molecule has 1 fully saturated rings. The molecule has 0 unspecified atom stereocenters. The van der Waals surface area contributed by atoms with Gasteiger partial charge in [0.15, 0.2) is 0 Å². The van der Waals surface area contributed by atoms with E-state index in [1.54, 1.807) is 12.3 Å². The Morgan fingerprint density at radius 1 is 1.42 bits per heavy atom. The van der Waals surface area contributed by atoms with Gasteiger partial charge in [-0.05, 0) is 43.1 Å². The number of fused-ring (bicyclic) bond motifs is 1. The van der Waals surface area contributed by atoms with Crippen LogP contribution >= 0.6 is 0 Å². The zero-order chi connectivity index (χ0) is 13.2. The number of aromatic nitrogens is 1. The third kappa shape index (κ3) is 2.46. The maximum Gasteiger partial charge on any atom is 0.124 e. The van der Waals surface area contributed by atoms with Crippen molar-refractivity contribution >= 4 is 10.9 Å². The van der Waals surface area contributed by atoms with Crippen molar-refractivity contribution in [2.75, 3.05) is 13.2 Å². The van der Waals surface area contributed by atoms with Crippen LogP contribution in [0.2, 0.25) is 0 Å². The monoisotopic (exact) mass is 260 g/mol. The summed E-state index contributed by atoms with van der Waals surface area (Å²) in [5.74, 6) is -0.227. The van der Waals surface area contributed by atoms with Crippen LogP contribution in [0.5, 0.6) is 0 Å². The second-order valence-corrected chi connectivity index (χ2v) is 5.09. The van der Waals surface area contributed by atoms with Gasteiger partial charge < -0.3 is 5.11 Å². The molecule has 0 saturated carbocycles. The number of aliphatic hydroxyl groups excluding tert-OH is 1. The highest BCUT2D eigenvalue weighted by Gasteiger charge is 2.24. The van der Waals surface area contributed by atoms with Crippen LogP contribution < -0.4 is 0 Å². The summed E-state index contributed by atoms with van der Waals surface area (Å²) in [6.07, 6.45) is 3.83. The Balaban J connectivity index is 1.96. The summed E-state index contributed by atoms with van der Waals surface area (Å²) < 4.78 is 13.7. The number of pyridine rings is 1. The van der Waals surface area contributed by atoms with E-state index in [0.29, 0.717) is 6.54 Å². The second kappa shape index (κ2) is 5.23. The van der Waals surface area contributed by atoms with Gasteiger partial charge in [0.2, 0.25) is 0 Å². The first kappa shape index (κ1) is 12.5. The Bertz CT molecular complexity index is 587. The molecule has 3 rings (SSSR count). The molecule has 1 aliphatic rings. The van der Waals surface area contributed by atoms with Crippen molar-refractivity contribution in [1.29, 1.82) is 0 Å². The largest absolute Gasteiger partial charge is 0.395 e. The molecule has 0 spiro atoms. The van der Waals surface area contributed by atoms with Crippen LogP contribution in [-0.4, -0.2) is 34.2 Å². The molecule has 0 aliphatic carbocycles. The molecular formula is C15H17FN2O. The Kier molecular flexibility index (Phi) is 3.44. The molecule has 2 heterocycles. The van der Waals surface area contributed by atoms with Gasteiger partial charge >= 0.3 is 0 Å². The molecule has 4 heteroatoms. The number of hydrogen-bond acceptors (Lipinski definition) is 3. The zero-order valence-corrected chi connectivity index (χ0v) is 10.7. The highest BCUT2D eigenvalue weighted by atomic mass is 19.1. The Hall–Kier alpha value is -1.52. The van der Waals surface area contributed by atoms with Crippen molar-refractivity contribution in [3.63, 3.8) is 0 Å². The predicted octanol–water partition coefficient (Wildman–Crippen LogP) is 2.33. The fraction of sp³-hybridized carbons (Fsp3) is 0.400. The maximum absolute atomic E-state index is 13.7. The molecule has 0 radical (unpaired) electrons. The minimum Gasteiger partial charge on any atom is -0.395 e. The van der Waals surface area contributed by atoms with Crippen molar-refractivity contribution in [1.82, 2.24) is 9.88 Å². The minimum absolute atomic E-state index is 0.167. The highest BCUT2D eigenvalue weighted by Crippen LogP contribution is 2.24. The molecule has 0 bridgehead atoms. The van der Waals surface area contributed by atoms with Crippen molar-refractivity contribution in [2.45, 2.75) is 25.4 Å². The summed E-state index contributed by atoms with van der Waals surface area (Å²) in [6, 6.07) is 6.96. The molecule has 19 heavy (non-hydrogen) atoms. The van der Waals surface area contributed by atoms with Crippen LogP contribution in [0.4, 0.5) is 4.39 Å². The summed E-state index contributed by atoms with van der Waals surface area (Å²) in [5.41, 5.74) is 1.75. The summed E-state index contributed by atoms with van der Waals surface area (Å²) in [6.45, 7) is 1.77. The number of likely N-dealkylation sites (tertiary alicyclic amines) is 1. The smallest absolute Gasteiger partial charge is 0.124 e. The summed E-state index contributed by atoms with van der Waals surface area (Å²) in [4.78, 5) is 6.57. The zero-order valence-electron chi connectivity index (χ0n) is 10.7. The van der Waals surface area contributed by atoms with E-state index in [0.717, 1.165) is 35.9 Å². The van der Waals surface area contributed by atoms with Crippen molar-refractivity contribution in [2.24, 2.45) is 0 Å². The van der Waals surface area contributed by atoms with Gasteiger partial charge in [0.1, 0.15) is 5.82 Å². The van der Waals surface area contributed by atoms with Gasteiger partial charge in [-0.1, -0.05) is 6.07 Å². The summed E-state index contributed by atoms with van der Waals surface area (Å²) >= 11 is 0. The van der Waals surface area contributed by atoms with Gasteiger partial charge in [-0.3, -0.25) is 9.88 Å². The first-order valence-electron chi connectivity index (χ1n) is 6.66. The maximum atomic E-state index is 13.7. The lowest BCUT2D eigenvalue weighted by atomic mass is 10.1. The van der Waals surface area contributed by atoms with E-state index in [9.17, 15) is 9.50 Å². The van der Waals surface area contributed by atoms with Crippen LogP contribution in [0.15, 0.2) is 30.5 Å². The van der Waals surface area contributed by atoms with Gasteiger partial charge in [0.25, 0.3) is 0 Å². The fourth-order valence-electron chi connectivity index (χ4n) is 2.88. The molecule has 100 valence electrons. The van der Waals surface area contributed by atoms with Crippen molar-refractivity contribution < 1.29 is 9.50 Å². The summed E-state index contributed by atoms with van der Waals surface area (Å²) in [7, 11) is 0. The van der Waals surface area contributed by atoms with E-state index in [2.05, 4.69) is 9.88 Å². The van der Waals surface area contributed by atoms with E-state index in [4.69, 9.17) is 0 Å². The van der Waals surface area contributed by atoms with E-state index in [1.807, 2.05) is 12.1 Å². The van der Waals surface area contributed by atoms with Gasteiger partial charge in [-0.15, -0.1) is 0 Å². The predicted molar refractivity (Wildman–Crippen MR) is 72.2 cm³/mol. The number of benzene rings is 1.